The Morgan fingerprint density at radius 1 is 1.05 bits per heavy atom. The predicted octanol–water partition coefficient (Wildman–Crippen LogP) is 4.36. The summed E-state index contributed by atoms with van der Waals surface area (Å²) in [7, 11) is 0. The average Bonchev–Trinajstić information content (AvgIpc) is 3.10. The van der Waals surface area contributed by atoms with Crippen LogP contribution in [0.2, 0.25) is 0 Å². The quantitative estimate of drug-likeness (QED) is 0.894. The standard InChI is InChI=1S/C17H22N2O/c1-13-5-10-17(20-13)14(2)18-15-6-8-16(9-7-15)19-11-3-4-12-19/h5-10,14,18H,3-4,11-12H2,1-2H3. The Balaban J connectivity index is 1.65. The highest BCUT2D eigenvalue weighted by Gasteiger charge is 2.13. The van der Waals surface area contributed by atoms with Gasteiger partial charge in [0.05, 0.1) is 6.04 Å². The Morgan fingerprint density at radius 2 is 1.75 bits per heavy atom. The molecule has 1 unspecified atom stereocenters. The van der Waals surface area contributed by atoms with Crippen LogP contribution in [0.4, 0.5) is 11.4 Å². The first-order chi connectivity index (χ1) is 9.72. The molecule has 1 saturated heterocycles. The van der Waals surface area contributed by atoms with Gasteiger partial charge in [-0.15, -0.1) is 0 Å². The van der Waals surface area contributed by atoms with Crippen LogP contribution in [0.15, 0.2) is 40.8 Å². The third kappa shape index (κ3) is 2.82. The van der Waals surface area contributed by atoms with Gasteiger partial charge in [-0.05, 0) is 63.1 Å². The second-order valence-corrected chi connectivity index (χ2v) is 5.56. The van der Waals surface area contributed by atoms with Crippen LogP contribution in [-0.2, 0) is 0 Å². The average molecular weight is 270 g/mol. The normalized spacial score (nSPS) is 16.4. The summed E-state index contributed by atoms with van der Waals surface area (Å²) >= 11 is 0. The van der Waals surface area contributed by atoms with Crippen LogP contribution in [-0.4, -0.2) is 13.1 Å². The number of furan rings is 1. The Kier molecular flexibility index (Phi) is 3.68. The van der Waals surface area contributed by atoms with Crippen molar-refractivity contribution < 1.29 is 4.42 Å². The lowest BCUT2D eigenvalue weighted by Crippen LogP contribution is -2.17. The number of nitrogens with one attached hydrogen (secondary N) is 1. The van der Waals surface area contributed by atoms with E-state index in [4.69, 9.17) is 4.42 Å². The van der Waals surface area contributed by atoms with E-state index in [2.05, 4.69) is 41.4 Å². The van der Waals surface area contributed by atoms with Crippen molar-refractivity contribution in [1.82, 2.24) is 0 Å². The first-order valence-electron chi connectivity index (χ1n) is 7.40. The van der Waals surface area contributed by atoms with E-state index in [9.17, 15) is 0 Å². The van der Waals surface area contributed by atoms with Crippen LogP contribution in [0.1, 0.15) is 37.3 Å². The van der Waals surface area contributed by atoms with Crippen LogP contribution in [0.25, 0.3) is 0 Å². The lowest BCUT2D eigenvalue weighted by Gasteiger charge is -2.19. The molecule has 106 valence electrons. The van der Waals surface area contributed by atoms with Crippen molar-refractivity contribution in [2.75, 3.05) is 23.3 Å². The molecule has 1 aliphatic heterocycles. The van der Waals surface area contributed by atoms with Crippen molar-refractivity contribution in [2.45, 2.75) is 32.7 Å². The molecule has 0 bridgehead atoms. The fourth-order valence-electron chi connectivity index (χ4n) is 2.75. The van der Waals surface area contributed by atoms with Gasteiger partial charge in [-0.2, -0.15) is 0 Å². The van der Waals surface area contributed by atoms with E-state index in [1.807, 2.05) is 19.1 Å². The molecular weight excluding hydrogens is 248 g/mol. The summed E-state index contributed by atoms with van der Waals surface area (Å²) in [6.07, 6.45) is 2.63. The summed E-state index contributed by atoms with van der Waals surface area (Å²) in [6, 6.07) is 12.9. The molecule has 2 heterocycles. The van der Waals surface area contributed by atoms with Gasteiger partial charge in [0.25, 0.3) is 0 Å². The minimum absolute atomic E-state index is 0.182. The molecule has 1 N–H and O–H groups in total. The Bertz CT molecular complexity index is 553. The monoisotopic (exact) mass is 270 g/mol. The van der Waals surface area contributed by atoms with Crippen molar-refractivity contribution in [3.63, 3.8) is 0 Å². The fraction of sp³-hybridized carbons (Fsp3) is 0.412. The minimum Gasteiger partial charge on any atom is -0.464 e. The van der Waals surface area contributed by atoms with Crippen LogP contribution >= 0.6 is 0 Å². The molecule has 3 heteroatoms. The van der Waals surface area contributed by atoms with Gasteiger partial charge >= 0.3 is 0 Å². The number of anilines is 2. The molecule has 3 rings (SSSR count). The zero-order valence-electron chi connectivity index (χ0n) is 12.2. The summed E-state index contributed by atoms with van der Waals surface area (Å²) in [6.45, 7) is 6.47. The summed E-state index contributed by atoms with van der Waals surface area (Å²) in [4.78, 5) is 2.45. The third-order valence-electron chi connectivity index (χ3n) is 3.91. The highest BCUT2D eigenvalue weighted by molar-refractivity contribution is 5.56. The van der Waals surface area contributed by atoms with E-state index in [1.54, 1.807) is 0 Å². The van der Waals surface area contributed by atoms with Gasteiger partial charge < -0.3 is 14.6 Å². The first-order valence-corrected chi connectivity index (χ1v) is 7.40. The molecular formula is C17H22N2O. The van der Waals surface area contributed by atoms with E-state index in [0.29, 0.717) is 0 Å². The molecule has 1 fully saturated rings. The van der Waals surface area contributed by atoms with E-state index in [-0.39, 0.29) is 6.04 Å². The molecule has 1 atom stereocenters. The smallest absolute Gasteiger partial charge is 0.126 e. The van der Waals surface area contributed by atoms with Gasteiger partial charge in [-0.3, -0.25) is 0 Å². The molecule has 0 spiro atoms. The Labute approximate surface area is 120 Å². The molecule has 3 nitrogen and oxygen atoms in total. The summed E-state index contributed by atoms with van der Waals surface area (Å²) in [5, 5.41) is 3.48. The van der Waals surface area contributed by atoms with E-state index >= 15 is 0 Å². The Hall–Kier alpha value is -1.90. The summed E-state index contributed by atoms with van der Waals surface area (Å²) in [5.41, 5.74) is 2.46. The van der Waals surface area contributed by atoms with Gasteiger partial charge in [0.15, 0.2) is 0 Å². The maximum absolute atomic E-state index is 5.65. The fourth-order valence-corrected chi connectivity index (χ4v) is 2.75. The molecule has 0 radical (unpaired) electrons. The number of hydrogen-bond donors (Lipinski definition) is 1. The topological polar surface area (TPSA) is 28.4 Å². The zero-order valence-corrected chi connectivity index (χ0v) is 12.2. The lowest BCUT2D eigenvalue weighted by molar-refractivity contribution is 0.467. The maximum Gasteiger partial charge on any atom is 0.126 e. The maximum atomic E-state index is 5.65. The summed E-state index contributed by atoms with van der Waals surface area (Å²) < 4.78 is 5.65. The van der Waals surface area contributed by atoms with Gasteiger partial charge in [-0.25, -0.2) is 0 Å². The highest BCUT2D eigenvalue weighted by atomic mass is 16.3. The molecule has 2 aromatic rings. The predicted molar refractivity (Wildman–Crippen MR) is 83.4 cm³/mol. The second-order valence-electron chi connectivity index (χ2n) is 5.56. The number of benzene rings is 1. The first kappa shape index (κ1) is 13.1. The minimum atomic E-state index is 0.182. The van der Waals surface area contributed by atoms with Crippen molar-refractivity contribution >= 4 is 11.4 Å². The molecule has 0 aliphatic carbocycles. The molecule has 0 saturated carbocycles. The summed E-state index contributed by atoms with van der Waals surface area (Å²) in [5.74, 6) is 1.93. The van der Waals surface area contributed by atoms with Crippen LogP contribution in [0, 0.1) is 6.92 Å². The van der Waals surface area contributed by atoms with E-state index in [1.165, 1.54) is 31.6 Å². The highest BCUT2D eigenvalue weighted by Crippen LogP contribution is 2.25. The number of nitrogens with zero attached hydrogens (tertiary/aromatic N) is 1. The number of hydrogen-bond acceptors (Lipinski definition) is 3. The number of aryl methyl sites for hydroxylation is 1. The van der Waals surface area contributed by atoms with Crippen LogP contribution < -0.4 is 10.2 Å². The molecule has 1 aromatic heterocycles. The van der Waals surface area contributed by atoms with Crippen LogP contribution in [0.3, 0.4) is 0 Å². The van der Waals surface area contributed by atoms with Gasteiger partial charge in [0.2, 0.25) is 0 Å². The van der Waals surface area contributed by atoms with Crippen molar-refractivity contribution in [3.05, 3.63) is 47.9 Å². The van der Waals surface area contributed by atoms with Gasteiger partial charge in [-0.1, -0.05) is 0 Å². The molecule has 1 aromatic carbocycles. The van der Waals surface area contributed by atoms with Crippen molar-refractivity contribution in [3.8, 4) is 0 Å². The third-order valence-corrected chi connectivity index (χ3v) is 3.91. The molecule has 1 aliphatic rings. The molecule has 0 amide bonds. The van der Waals surface area contributed by atoms with Gasteiger partial charge in [0, 0.05) is 24.5 Å². The molecule has 20 heavy (non-hydrogen) atoms. The van der Waals surface area contributed by atoms with Gasteiger partial charge in [0.1, 0.15) is 11.5 Å². The SMILES string of the molecule is Cc1ccc(C(C)Nc2ccc(N3CCCC3)cc2)o1. The lowest BCUT2D eigenvalue weighted by atomic mass is 10.2. The van der Waals surface area contributed by atoms with E-state index in [0.717, 1.165) is 17.2 Å². The van der Waals surface area contributed by atoms with Crippen LogP contribution in [0.5, 0.6) is 0 Å². The number of rotatable bonds is 4. The van der Waals surface area contributed by atoms with Crippen molar-refractivity contribution in [2.24, 2.45) is 0 Å². The zero-order chi connectivity index (χ0) is 13.9. The Morgan fingerprint density at radius 3 is 2.35 bits per heavy atom. The largest absolute Gasteiger partial charge is 0.464 e. The second kappa shape index (κ2) is 5.61. The van der Waals surface area contributed by atoms with Crippen molar-refractivity contribution in [1.29, 1.82) is 0 Å². The van der Waals surface area contributed by atoms with E-state index < -0.39 is 0 Å².